The minimum absolute atomic E-state index is 0.140. The summed E-state index contributed by atoms with van der Waals surface area (Å²) in [6.45, 7) is 0.578. The first-order chi connectivity index (χ1) is 8.97. The summed E-state index contributed by atoms with van der Waals surface area (Å²) in [4.78, 5) is 0. The van der Waals surface area contributed by atoms with Crippen molar-refractivity contribution >= 4 is 15.9 Å². The largest absolute Gasteiger partial charge is 0.416 e. The lowest BCUT2D eigenvalue weighted by Crippen LogP contribution is -2.17. The molecule has 1 aromatic heterocycles. The van der Waals surface area contributed by atoms with E-state index in [2.05, 4.69) is 31.4 Å². The molecule has 0 unspecified atom stereocenters. The van der Waals surface area contributed by atoms with E-state index in [1.54, 1.807) is 18.3 Å². The van der Waals surface area contributed by atoms with Gasteiger partial charge in [0, 0.05) is 29.5 Å². The van der Waals surface area contributed by atoms with E-state index in [-0.39, 0.29) is 12.1 Å². The molecular weight excluding hydrogens is 323 g/mol. The van der Waals surface area contributed by atoms with Gasteiger partial charge in [0.1, 0.15) is 0 Å². The Morgan fingerprint density at radius 1 is 1.21 bits per heavy atom. The number of hydrogen-bond donors (Lipinski definition) is 2. The van der Waals surface area contributed by atoms with Crippen molar-refractivity contribution in [3.63, 3.8) is 0 Å². The molecule has 19 heavy (non-hydrogen) atoms. The van der Waals surface area contributed by atoms with E-state index in [1.807, 2.05) is 0 Å². The first-order valence-corrected chi connectivity index (χ1v) is 6.30. The fraction of sp³-hybridized carbons (Fsp3) is 0.250. The molecule has 0 atom stereocenters. The molecule has 0 bridgehead atoms. The average molecular weight is 334 g/mol. The van der Waals surface area contributed by atoms with E-state index in [1.165, 1.54) is 6.07 Å². The van der Waals surface area contributed by atoms with Crippen molar-refractivity contribution < 1.29 is 13.2 Å². The molecule has 0 amide bonds. The Bertz CT molecular complexity index is 538. The summed E-state index contributed by atoms with van der Waals surface area (Å²) >= 11 is 3.05. The Hall–Kier alpha value is -1.34. The lowest BCUT2D eigenvalue weighted by Gasteiger charge is -2.13. The monoisotopic (exact) mass is 333 g/mol. The van der Waals surface area contributed by atoms with Crippen LogP contribution in [-0.2, 0) is 19.3 Å². The van der Waals surface area contributed by atoms with Crippen LogP contribution in [0.1, 0.15) is 16.8 Å². The molecule has 102 valence electrons. The van der Waals surface area contributed by atoms with Crippen LogP contribution < -0.4 is 5.32 Å². The van der Waals surface area contributed by atoms with E-state index < -0.39 is 11.7 Å². The summed E-state index contributed by atoms with van der Waals surface area (Å²) < 4.78 is 39.0. The number of alkyl halides is 3. The first-order valence-electron chi connectivity index (χ1n) is 5.51. The zero-order valence-electron chi connectivity index (χ0n) is 9.76. The third-order valence-corrected chi connectivity index (χ3v) is 3.06. The van der Waals surface area contributed by atoms with Gasteiger partial charge in [-0.2, -0.15) is 18.3 Å². The Morgan fingerprint density at radius 2 is 2.00 bits per heavy atom. The molecule has 0 saturated heterocycles. The van der Waals surface area contributed by atoms with Crippen molar-refractivity contribution in [2.75, 3.05) is 0 Å². The highest BCUT2D eigenvalue weighted by atomic mass is 79.9. The molecule has 3 nitrogen and oxygen atoms in total. The molecule has 0 fully saturated rings. The highest BCUT2D eigenvalue weighted by Crippen LogP contribution is 2.33. The fourth-order valence-corrected chi connectivity index (χ4v) is 2.04. The van der Waals surface area contributed by atoms with E-state index in [0.717, 1.165) is 11.8 Å². The molecule has 0 saturated carbocycles. The second-order valence-corrected chi connectivity index (χ2v) is 4.90. The Kier molecular flexibility index (Phi) is 4.26. The molecule has 7 heteroatoms. The van der Waals surface area contributed by atoms with Crippen molar-refractivity contribution in [3.05, 3.63) is 51.8 Å². The van der Waals surface area contributed by atoms with E-state index in [9.17, 15) is 13.2 Å². The normalized spacial score (nSPS) is 11.8. The van der Waals surface area contributed by atoms with Crippen molar-refractivity contribution in [1.29, 1.82) is 0 Å². The Balaban J connectivity index is 2.07. The Morgan fingerprint density at radius 3 is 2.63 bits per heavy atom. The predicted molar refractivity (Wildman–Crippen MR) is 68.3 cm³/mol. The number of nitrogens with one attached hydrogen (secondary N) is 2. The van der Waals surface area contributed by atoms with Crippen molar-refractivity contribution in [2.45, 2.75) is 19.3 Å². The second kappa shape index (κ2) is 5.75. The van der Waals surface area contributed by atoms with Gasteiger partial charge in [-0.15, -0.1) is 0 Å². The highest BCUT2D eigenvalue weighted by molar-refractivity contribution is 9.10. The van der Waals surface area contributed by atoms with Crippen LogP contribution in [0.4, 0.5) is 13.2 Å². The van der Waals surface area contributed by atoms with Crippen LogP contribution in [-0.4, -0.2) is 10.2 Å². The molecule has 0 aliphatic carbocycles. The van der Waals surface area contributed by atoms with Crippen LogP contribution in [0, 0.1) is 0 Å². The quantitative estimate of drug-likeness (QED) is 0.899. The van der Waals surface area contributed by atoms with Crippen molar-refractivity contribution in [3.8, 4) is 0 Å². The van der Waals surface area contributed by atoms with Crippen LogP contribution in [0.25, 0.3) is 0 Å². The molecular formula is C12H11BrF3N3. The van der Waals surface area contributed by atoms with Gasteiger partial charge in [0.15, 0.2) is 0 Å². The summed E-state index contributed by atoms with van der Waals surface area (Å²) in [7, 11) is 0. The maximum atomic E-state index is 12.9. The van der Waals surface area contributed by atoms with Gasteiger partial charge in [0.25, 0.3) is 0 Å². The third kappa shape index (κ3) is 3.81. The lowest BCUT2D eigenvalue weighted by atomic mass is 10.1. The van der Waals surface area contributed by atoms with Crippen LogP contribution >= 0.6 is 15.9 Å². The zero-order chi connectivity index (χ0) is 13.9. The standard InChI is InChI=1S/C12H11BrF3N3/c13-9-2-1-8(11(5-9)12(14,15)16)6-17-7-10-3-4-18-19-10/h1-5,17H,6-7H2,(H,18,19). The van der Waals surface area contributed by atoms with Crippen LogP contribution in [0.15, 0.2) is 34.9 Å². The summed E-state index contributed by atoms with van der Waals surface area (Å²) in [6.07, 6.45) is -2.76. The topological polar surface area (TPSA) is 40.7 Å². The molecule has 2 N–H and O–H groups in total. The number of aromatic amines is 1. The van der Waals surface area contributed by atoms with Crippen molar-refractivity contribution in [2.24, 2.45) is 0 Å². The highest BCUT2D eigenvalue weighted by Gasteiger charge is 2.33. The molecule has 0 radical (unpaired) electrons. The van der Waals surface area contributed by atoms with Crippen LogP contribution in [0.2, 0.25) is 0 Å². The van der Waals surface area contributed by atoms with Gasteiger partial charge < -0.3 is 5.32 Å². The maximum Gasteiger partial charge on any atom is 0.416 e. The first kappa shape index (κ1) is 14.1. The molecule has 2 aromatic rings. The second-order valence-electron chi connectivity index (χ2n) is 3.98. The lowest BCUT2D eigenvalue weighted by molar-refractivity contribution is -0.138. The maximum absolute atomic E-state index is 12.9. The van der Waals surface area contributed by atoms with Gasteiger partial charge in [0.05, 0.1) is 5.56 Å². The Labute approximate surface area is 116 Å². The molecule has 2 rings (SSSR count). The summed E-state index contributed by atoms with van der Waals surface area (Å²) in [5, 5.41) is 9.45. The molecule has 1 aromatic carbocycles. The van der Waals surface area contributed by atoms with E-state index >= 15 is 0 Å². The van der Waals surface area contributed by atoms with Crippen molar-refractivity contribution in [1.82, 2.24) is 15.5 Å². The number of halogens is 4. The summed E-state index contributed by atoms with van der Waals surface area (Å²) in [6, 6.07) is 5.92. The fourth-order valence-electron chi connectivity index (χ4n) is 1.68. The van der Waals surface area contributed by atoms with Crippen LogP contribution in [0.3, 0.4) is 0 Å². The van der Waals surface area contributed by atoms with Gasteiger partial charge in [0.2, 0.25) is 0 Å². The number of benzene rings is 1. The van der Waals surface area contributed by atoms with Gasteiger partial charge in [-0.3, -0.25) is 5.10 Å². The molecule has 0 spiro atoms. The summed E-state index contributed by atoms with van der Waals surface area (Å²) in [5.41, 5.74) is 0.417. The van der Waals surface area contributed by atoms with Crippen LogP contribution in [0.5, 0.6) is 0 Å². The minimum Gasteiger partial charge on any atom is -0.307 e. The SMILES string of the molecule is FC(F)(F)c1cc(Br)ccc1CNCc1ccn[nH]1. The van der Waals surface area contributed by atoms with Gasteiger partial charge >= 0.3 is 6.18 Å². The average Bonchev–Trinajstić information content (AvgIpc) is 2.83. The number of hydrogen-bond acceptors (Lipinski definition) is 2. The predicted octanol–water partition coefficient (Wildman–Crippen LogP) is 3.48. The number of H-pyrrole nitrogens is 1. The van der Waals surface area contributed by atoms with Gasteiger partial charge in [-0.1, -0.05) is 22.0 Å². The number of nitrogens with zero attached hydrogens (tertiary/aromatic N) is 1. The van der Waals surface area contributed by atoms with Gasteiger partial charge in [-0.25, -0.2) is 0 Å². The number of aromatic nitrogens is 2. The number of rotatable bonds is 4. The summed E-state index contributed by atoms with van der Waals surface area (Å²) in [5.74, 6) is 0. The third-order valence-electron chi connectivity index (χ3n) is 2.57. The van der Waals surface area contributed by atoms with E-state index in [0.29, 0.717) is 11.0 Å². The van der Waals surface area contributed by atoms with E-state index in [4.69, 9.17) is 0 Å². The minimum atomic E-state index is -4.35. The molecule has 0 aliphatic heterocycles. The molecule has 1 heterocycles. The molecule has 0 aliphatic rings. The smallest absolute Gasteiger partial charge is 0.307 e. The van der Waals surface area contributed by atoms with Gasteiger partial charge in [-0.05, 0) is 23.8 Å². The zero-order valence-corrected chi connectivity index (χ0v) is 11.3.